The first kappa shape index (κ1) is 65.2. The van der Waals surface area contributed by atoms with E-state index in [0.29, 0.717) is 42.5 Å². The molecular formula is C69H70N4O17. The lowest BCUT2D eigenvalue weighted by atomic mass is 9.95. The van der Waals surface area contributed by atoms with Crippen molar-refractivity contribution in [3.8, 4) is 0 Å². The van der Waals surface area contributed by atoms with E-state index < -0.39 is 97.9 Å². The Hall–Kier alpha value is -9.28. The molecule has 10 atom stereocenters. The lowest BCUT2D eigenvalue weighted by molar-refractivity contribution is -0.346. The van der Waals surface area contributed by atoms with Crippen LogP contribution in [0.25, 0.3) is 10.4 Å². The Labute approximate surface area is 520 Å². The number of methoxy groups -OCH3 is 1. The van der Waals surface area contributed by atoms with Crippen molar-refractivity contribution in [3.63, 3.8) is 0 Å². The summed E-state index contributed by atoms with van der Waals surface area (Å²) in [5, 5.41) is 16.0. The number of rotatable bonds is 29. The number of aliphatic hydroxyl groups excluding tert-OH is 1. The minimum Gasteiger partial charge on any atom is -0.467 e. The van der Waals surface area contributed by atoms with E-state index in [0.717, 1.165) is 23.8 Å². The van der Waals surface area contributed by atoms with Gasteiger partial charge in [-0.25, -0.2) is 24.0 Å². The van der Waals surface area contributed by atoms with Crippen molar-refractivity contribution < 1.29 is 81.2 Å². The number of azide groups is 1. The topological polar surface area (TPSA) is 259 Å². The van der Waals surface area contributed by atoms with Crippen molar-refractivity contribution in [2.45, 2.75) is 114 Å². The lowest BCUT2D eigenvalue weighted by Gasteiger charge is -2.48. The molecular weight excluding hydrogens is 1160 g/mol. The standard InChI is InChI=1S/C69H70N4O17/c1-80-66(78)61-60(89-67-56(71-72-70)58(82-42-48-25-11-3-12-26-48)57(74)55(87-67)46-85-64(76)53-31-17-6-18-32-53)59(83-43-49-27-13-4-14-28-49)62(88-65(77)54-33-19-7-20-34-54)68(90-61)81-40-22-8-21-39-73(41-47-23-9-2-10-24-47)69(79)86-45-51-37-35-50(36-38-51)44-84-63(75)52-29-15-5-16-30-52/h2-7,9-20,23-38,55-62,67-68,74H,8,21-22,39-46H2,1H3/t55-,56-,57-,58-,59+,60+,61-,62-,67-,68-/m1/s1. The number of unbranched alkanes of at least 4 members (excludes halogenated alkanes) is 2. The summed E-state index contributed by atoms with van der Waals surface area (Å²) in [6.07, 6.45) is -13.0. The van der Waals surface area contributed by atoms with Crippen LogP contribution < -0.4 is 0 Å². The maximum Gasteiger partial charge on any atom is 0.410 e. The summed E-state index contributed by atoms with van der Waals surface area (Å²) in [7, 11) is 1.14. The fourth-order valence-corrected chi connectivity index (χ4v) is 10.1. The molecule has 0 spiro atoms. The Bertz CT molecular complexity index is 3410. The van der Waals surface area contributed by atoms with Crippen molar-refractivity contribution in [1.82, 2.24) is 4.90 Å². The molecule has 2 heterocycles. The van der Waals surface area contributed by atoms with Crippen LogP contribution in [-0.2, 0) is 89.9 Å². The summed E-state index contributed by atoms with van der Waals surface area (Å²) in [5.41, 5.74) is 14.7. The van der Waals surface area contributed by atoms with Gasteiger partial charge >= 0.3 is 30.0 Å². The number of esters is 4. The zero-order chi connectivity index (χ0) is 62.9. The van der Waals surface area contributed by atoms with Gasteiger partial charge in [0.05, 0.1) is 43.1 Å². The number of hydrogen-bond acceptors (Lipinski definition) is 18. The quantitative estimate of drug-likeness (QED) is 0.0114. The molecule has 2 saturated heterocycles. The second-order valence-electron chi connectivity index (χ2n) is 21.2. The van der Waals surface area contributed by atoms with E-state index in [1.165, 1.54) is 0 Å². The van der Waals surface area contributed by atoms with E-state index in [4.69, 9.17) is 52.1 Å². The first-order valence-corrected chi connectivity index (χ1v) is 29.5. The third-order valence-corrected chi connectivity index (χ3v) is 14.9. The monoisotopic (exact) mass is 1230 g/mol. The summed E-state index contributed by atoms with van der Waals surface area (Å²) in [5.74, 6) is -2.91. The number of ether oxygens (including phenoxy) is 11. The predicted molar refractivity (Wildman–Crippen MR) is 324 cm³/mol. The fraction of sp³-hybridized carbons (Fsp3) is 0.319. The first-order valence-electron chi connectivity index (χ1n) is 29.5. The number of aliphatic hydroxyl groups is 1. The van der Waals surface area contributed by atoms with Crippen LogP contribution in [0.2, 0.25) is 0 Å². The van der Waals surface area contributed by atoms with Gasteiger partial charge in [0, 0.05) is 24.6 Å². The molecule has 0 bridgehead atoms. The Balaban J connectivity index is 0.927. The summed E-state index contributed by atoms with van der Waals surface area (Å²) >= 11 is 0. The highest BCUT2D eigenvalue weighted by Gasteiger charge is 2.56. The molecule has 1 amide bonds. The minimum absolute atomic E-state index is 0.00428. The van der Waals surface area contributed by atoms with Gasteiger partial charge in [0.2, 0.25) is 0 Å². The van der Waals surface area contributed by atoms with E-state index >= 15 is 0 Å². The Morgan fingerprint density at radius 3 is 1.54 bits per heavy atom. The van der Waals surface area contributed by atoms with Crippen LogP contribution >= 0.6 is 0 Å². The summed E-state index contributed by atoms with van der Waals surface area (Å²) in [6.45, 7) is -0.0927. The normalized spacial score (nSPS) is 21.1. The maximum atomic E-state index is 14.3. The number of hydrogen-bond donors (Lipinski definition) is 1. The molecule has 0 unspecified atom stereocenters. The van der Waals surface area contributed by atoms with E-state index in [-0.39, 0.29) is 50.7 Å². The third-order valence-electron chi connectivity index (χ3n) is 14.9. The van der Waals surface area contributed by atoms with E-state index in [1.54, 1.807) is 138 Å². The summed E-state index contributed by atoms with van der Waals surface area (Å²) in [4.78, 5) is 72.8. The van der Waals surface area contributed by atoms with Gasteiger partial charge in [0.15, 0.2) is 24.8 Å². The van der Waals surface area contributed by atoms with E-state index in [9.17, 15) is 34.6 Å². The SMILES string of the molecule is COC(=O)[C@@H]1O[C@@H](OCCCCCN(Cc2ccccc2)C(=O)OCc2ccc(COC(=O)c3ccccc3)cc2)[C@H](OC(=O)c2ccccc2)[C@@H](OCc2ccccc2)[C@@H]1O[C@H]1O[C@H](COC(=O)c2ccccc2)[C@@H](O)[C@H](OCc2ccccc2)[C@H]1N=[N+]=[N-]. The van der Waals surface area contributed by atoms with Crippen LogP contribution in [-0.4, -0.2) is 128 Å². The van der Waals surface area contributed by atoms with Gasteiger partial charge in [-0.3, -0.25) is 0 Å². The zero-order valence-corrected chi connectivity index (χ0v) is 49.4. The maximum absolute atomic E-state index is 14.3. The Morgan fingerprint density at radius 1 is 0.511 bits per heavy atom. The van der Waals surface area contributed by atoms with Gasteiger partial charge < -0.3 is 62.1 Å². The number of carbonyl (C=O) groups excluding carboxylic acids is 5. The Morgan fingerprint density at radius 2 is 1.00 bits per heavy atom. The molecule has 2 aliphatic heterocycles. The van der Waals surface area contributed by atoms with E-state index in [2.05, 4.69) is 10.0 Å². The highest BCUT2D eigenvalue weighted by Crippen LogP contribution is 2.36. The van der Waals surface area contributed by atoms with Crippen molar-refractivity contribution in [2.24, 2.45) is 5.11 Å². The summed E-state index contributed by atoms with van der Waals surface area (Å²) < 4.78 is 67.9. The molecule has 2 fully saturated rings. The van der Waals surface area contributed by atoms with E-state index in [1.807, 2.05) is 72.8 Å². The summed E-state index contributed by atoms with van der Waals surface area (Å²) in [6, 6.07) is 58.4. The molecule has 7 aromatic rings. The van der Waals surface area contributed by atoms with Crippen molar-refractivity contribution in [3.05, 3.63) is 261 Å². The van der Waals surface area contributed by atoms with Crippen molar-refractivity contribution in [1.29, 1.82) is 0 Å². The third kappa shape index (κ3) is 18.6. The largest absolute Gasteiger partial charge is 0.467 e. The first-order chi connectivity index (χ1) is 44.0. The van der Waals surface area contributed by atoms with Crippen LogP contribution in [0.5, 0.6) is 0 Å². The number of carbonyl (C=O) groups is 5. The molecule has 468 valence electrons. The second-order valence-corrected chi connectivity index (χ2v) is 21.2. The van der Waals surface area contributed by atoms with Gasteiger partial charge in [-0.1, -0.05) is 175 Å². The lowest BCUT2D eigenvalue weighted by Crippen LogP contribution is -2.66. The van der Waals surface area contributed by atoms with Gasteiger partial charge in [-0.05, 0) is 89.0 Å². The molecule has 0 radical (unpaired) electrons. The molecule has 0 aromatic heterocycles. The number of nitrogens with zero attached hydrogens (tertiary/aromatic N) is 4. The van der Waals surface area contributed by atoms with Crippen LogP contribution in [0.15, 0.2) is 211 Å². The molecule has 21 heteroatoms. The molecule has 1 N–H and O–H groups in total. The molecule has 9 rings (SSSR count). The average molecular weight is 1230 g/mol. The molecule has 0 aliphatic carbocycles. The molecule has 21 nitrogen and oxygen atoms in total. The zero-order valence-electron chi connectivity index (χ0n) is 49.4. The number of benzene rings is 7. The average Bonchev–Trinajstić information content (AvgIpc) is 0.856. The van der Waals surface area contributed by atoms with Crippen LogP contribution in [0.4, 0.5) is 4.79 Å². The molecule has 2 aliphatic rings. The van der Waals surface area contributed by atoms with Crippen molar-refractivity contribution >= 4 is 30.0 Å². The number of amides is 1. The molecule has 7 aromatic carbocycles. The van der Waals surface area contributed by atoms with Crippen LogP contribution in [0.3, 0.4) is 0 Å². The van der Waals surface area contributed by atoms with Gasteiger partial charge in [-0.2, -0.15) is 0 Å². The van der Waals surface area contributed by atoms with Gasteiger partial charge in [0.25, 0.3) is 0 Å². The fourth-order valence-electron chi connectivity index (χ4n) is 10.1. The molecule has 0 saturated carbocycles. The Kier molecular flexibility index (Phi) is 24.5. The van der Waals surface area contributed by atoms with Crippen LogP contribution in [0.1, 0.15) is 78.2 Å². The van der Waals surface area contributed by atoms with Gasteiger partial charge in [0.1, 0.15) is 50.3 Å². The minimum atomic E-state index is -1.72. The highest BCUT2D eigenvalue weighted by atomic mass is 16.8. The highest BCUT2D eigenvalue weighted by molar-refractivity contribution is 5.90. The second kappa shape index (κ2) is 33.9. The smallest absolute Gasteiger partial charge is 0.410 e. The van der Waals surface area contributed by atoms with Crippen molar-refractivity contribution in [2.75, 3.05) is 26.9 Å². The van der Waals surface area contributed by atoms with Crippen LogP contribution in [0, 0.1) is 0 Å². The van der Waals surface area contributed by atoms with Gasteiger partial charge in [-0.15, -0.1) is 0 Å². The predicted octanol–water partition coefficient (Wildman–Crippen LogP) is 10.7. The molecule has 90 heavy (non-hydrogen) atoms.